The number of aryl methyl sites for hydroxylation is 1. The molecule has 32 heavy (non-hydrogen) atoms. The molecule has 0 saturated carbocycles. The van der Waals surface area contributed by atoms with Gasteiger partial charge in [-0.2, -0.15) is 5.10 Å². The number of carboxylic acid groups (broad SMARTS) is 1. The van der Waals surface area contributed by atoms with Crippen LogP contribution in [0.25, 0.3) is 0 Å². The number of rotatable bonds is 6. The van der Waals surface area contributed by atoms with Crippen LogP contribution < -0.4 is 5.32 Å². The van der Waals surface area contributed by atoms with Crippen LogP contribution in [0.2, 0.25) is 0 Å². The normalized spacial score (nSPS) is 18.0. The van der Waals surface area contributed by atoms with E-state index in [0.717, 1.165) is 49.2 Å². The molecular formula is C24H28ClN3O4. The highest BCUT2D eigenvalue weighted by Gasteiger charge is 2.21. The molecule has 1 heterocycles. The Labute approximate surface area is 193 Å². The number of morpholine rings is 1. The summed E-state index contributed by atoms with van der Waals surface area (Å²) in [6, 6.07) is 13.3. The first-order valence-electron chi connectivity index (χ1n) is 10.7. The fraction of sp³-hybridized carbons (Fsp3) is 0.375. The highest BCUT2D eigenvalue weighted by molar-refractivity contribution is 6.04. The number of halogens is 1. The number of hydrogen-bond donors (Lipinski definition) is 2. The summed E-state index contributed by atoms with van der Waals surface area (Å²) < 4.78 is 5.31. The van der Waals surface area contributed by atoms with E-state index in [1.165, 1.54) is 5.56 Å². The monoisotopic (exact) mass is 457 g/mol. The Morgan fingerprint density at radius 2 is 1.88 bits per heavy atom. The van der Waals surface area contributed by atoms with Crippen LogP contribution >= 0.6 is 12.4 Å². The number of hydrogen-bond acceptors (Lipinski definition) is 5. The number of nitrogens with zero attached hydrogens (tertiary/aromatic N) is 2. The molecule has 2 aliphatic rings. The largest absolute Gasteiger partial charge is 0.481 e. The van der Waals surface area contributed by atoms with E-state index in [-0.39, 0.29) is 30.7 Å². The molecule has 1 unspecified atom stereocenters. The van der Waals surface area contributed by atoms with Crippen molar-refractivity contribution in [3.8, 4) is 0 Å². The van der Waals surface area contributed by atoms with Gasteiger partial charge in [0.05, 0.1) is 32.5 Å². The number of amides is 1. The molecule has 8 heteroatoms. The van der Waals surface area contributed by atoms with Crippen LogP contribution in [0.3, 0.4) is 0 Å². The minimum absolute atomic E-state index is 0. The standard InChI is InChI=1S/C24H27N3O4.ClH/c28-23(29)14-18-3-4-19-7-8-22(15-21(19)13-18)26-24(30)20-5-1-17(2-6-20)16-25-27-9-11-31-12-10-27;/h1-2,5-8,15-16,18H,3-4,9-14H2,(H,26,30)(H,28,29);1H. The highest BCUT2D eigenvalue weighted by atomic mass is 35.5. The quantitative estimate of drug-likeness (QED) is 0.646. The predicted octanol–water partition coefficient (Wildman–Crippen LogP) is 3.61. The van der Waals surface area contributed by atoms with E-state index in [4.69, 9.17) is 9.84 Å². The summed E-state index contributed by atoms with van der Waals surface area (Å²) in [6.45, 7) is 2.96. The fourth-order valence-electron chi connectivity index (χ4n) is 4.07. The summed E-state index contributed by atoms with van der Waals surface area (Å²) in [7, 11) is 0. The number of carboxylic acids is 1. The van der Waals surface area contributed by atoms with Crippen LogP contribution in [0.15, 0.2) is 47.6 Å². The summed E-state index contributed by atoms with van der Waals surface area (Å²) in [6.07, 6.45) is 4.50. The van der Waals surface area contributed by atoms with Crippen molar-refractivity contribution in [1.82, 2.24) is 5.01 Å². The van der Waals surface area contributed by atoms with Crippen LogP contribution in [-0.2, 0) is 22.4 Å². The molecule has 1 aliphatic heterocycles. The summed E-state index contributed by atoms with van der Waals surface area (Å²) in [5, 5.41) is 18.4. The molecule has 4 rings (SSSR count). The molecule has 0 radical (unpaired) electrons. The van der Waals surface area contributed by atoms with Crippen LogP contribution in [0.4, 0.5) is 5.69 Å². The molecule has 0 bridgehead atoms. The first-order valence-corrected chi connectivity index (χ1v) is 10.7. The van der Waals surface area contributed by atoms with Crippen molar-refractivity contribution < 1.29 is 19.4 Å². The third-order valence-corrected chi connectivity index (χ3v) is 5.79. The van der Waals surface area contributed by atoms with E-state index in [0.29, 0.717) is 18.8 Å². The van der Waals surface area contributed by atoms with Crippen molar-refractivity contribution in [3.63, 3.8) is 0 Å². The number of ether oxygens (including phenoxy) is 1. The molecule has 170 valence electrons. The van der Waals surface area contributed by atoms with Crippen molar-refractivity contribution in [2.24, 2.45) is 11.0 Å². The summed E-state index contributed by atoms with van der Waals surface area (Å²) >= 11 is 0. The number of carbonyl (C=O) groups excluding carboxylic acids is 1. The third-order valence-electron chi connectivity index (χ3n) is 5.79. The van der Waals surface area contributed by atoms with Crippen LogP contribution in [-0.4, -0.2) is 54.5 Å². The van der Waals surface area contributed by atoms with Crippen molar-refractivity contribution in [2.75, 3.05) is 31.6 Å². The zero-order chi connectivity index (χ0) is 21.6. The number of aliphatic carboxylic acids is 1. The smallest absolute Gasteiger partial charge is 0.303 e. The minimum Gasteiger partial charge on any atom is -0.481 e. The summed E-state index contributed by atoms with van der Waals surface area (Å²) in [5.41, 5.74) is 4.61. The van der Waals surface area contributed by atoms with Crippen LogP contribution in [0.5, 0.6) is 0 Å². The zero-order valence-electron chi connectivity index (χ0n) is 17.8. The predicted molar refractivity (Wildman–Crippen MR) is 126 cm³/mol. The van der Waals surface area contributed by atoms with Crippen LogP contribution in [0, 0.1) is 5.92 Å². The number of hydrazone groups is 1. The van der Waals surface area contributed by atoms with Crippen molar-refractivity contribution in [3.05, 3.63) is 64.7 Å². The van der Waals surface area contributed by atoms with Gasteiger partial charge in [0, 0.05) is 17.7 Å². The van der Waals surface area contributed by atoms with Gasteiger partial charge in [-0.1, -0.05) is 18.2 Å². The maximum Gasteiger partial charge on any atom is 0.303 e. The lowest BCUT2D eigenvalue weighted by Gasteiger charge is -2.24. The number of fused-ring (bicyclic) bond motifs is 1. The SMILES string of the molecule is Cl.O=C(O)CC1CCc2ccc(NC(=O)c3ccc(C=NN4CCOCC4)cc3)cc2C1. The lowest BCUT2D eigenvalue weighted by atomic mass is 9.82. The van der Waals surface area contributed by atoms with Gasteiger partial charge >= 0.3 is 5.97 Å². The average Bonchev–Trinajstić information content (AvgIpc) is 2.78. The fourth-order valence-corrected chi connectivity index (χ4v) is 4.07. The van der Waals surface area contributed by atoms with Gasteiger partial charge in [0.15, 0.2) is 0 Å². The second-order valence-electron chi connectivity index (χ2n) is 8.08. The lowest BCUT2D eigenvalue weighted by molar-refractivity contribution is -0.138. The van der Waals surface area contributed by atoms with Gasteiger partial charge in [-0.05, 0) is 66.1 Å². The summed E-state index contributed by atoms with van der Waals surface area (Å²) in [4.78, 5) is 23.7. The first kappa shape index (κ1) is 23.8. The second kappa shape index (κ2) is 11.1. The highest BCUT2D eigenvalue weighted by Crippen LogP contribution is 2.29. The molecule has 1 amide bonds. The maximum atomic E-state index is 12.7. The molecular weight excluding hydrogens is 430 g/mol. The van der Waals surface area contributed by atoms with E-state index >= 15 is 0 Å². The third kappa shape index (κ3) is 6.31. The van der Waals surface area contributed by atoms with E-state index < -0.39 is 5.97 Å². The number of nitrogens with one attached hydrogen (secondary N) is 1. The minimum atomic E-state index is -0.753. The van der Waals surface area contributed by atoms with Gasteiger partial charge < -0.3 is 15.2 Å². The van der Waals surface area contributed by atoms with E-state index in [1.807, 2.05) is 35.3 Å². The number of benzene rings is 2. The molecule has 7 nitrogen and oxygen atoms in total. The molecule has 1 aliphatic carbocycles. The molecule has 1 saturated heterocycles. The van der Waals surface area contributed by atoms with Crippen molar-refractivity contribution >= 4 is 36.2 Å². The molecule has 2 aromatic rings. The van der Waals surface area contributed by atoms with Gasteiger partial charge in [-0.3, -0.25) is 14.6 Å². The topological polar surface area (TPSA) is 91.2 Å². The van der Waals surface area contributed by atoms with Crippen molar-refractivity contribution in [2.45, 2.75) is 25.7 Å². The Hall–Kier alpha value is -2.90. The Bertz CT molecular complexity index is 972. The second-order valence-corrected chi connectivity index (χ2v) is 8.08. The van der Waals surface area contributed by atoms with Gasteiger partial charge in [-0.15, -0.1) is 12.4 Å². The van der Waals surface area contributed by atoms with Crippen LogP contribution in [0.1, 0.15) is 39.9 Å². The van der Waals surface area contributed by atoms with Gasteiger partial charge in [0.1, 0.15) is 0 Å². The van der Waals surface area contributed by atoms with E-state index in [2.05, 4.69) is 10.4 Å². The molecule has 2 N–H and O–H groups in total. The van der Waals surface area contributed by atoms with E-state index in [9.17, 15) is 9.59 Å². The molecule has 1 atom stereocenters. The first-order chi connectivity index (χ1) is 15.1. The molecule has 0 spiro atoms. The lowest BCUT2D eigenvalue weighted by Crippen LogP contribution is -2.32. The number of carbonyl (C=O) groups is 2. The van der Waals surface area contributed by atoms with Gasteiger partial charge in [0.25, 0.3) is 5.91 Å². The average molecular weight is 458 g/mol. The Morgan fingerprint density at radius 1 is 1.12 bits per heavy atom. The molecule has 2 aromatic carbocycles. The Kier molecular flexibility index (Phi) is 8.25. The zero-order valence-corrected chi connectivity index (χ0v) is 18.6. The summed E-state index contributed by atoms with van der Waals surface area (Å²) in [5.74, 6) is -0.770. The molecule has 1 fully saturated rings. The number of anilines is 1. The molecule has 0 aromatic heterocycles. The van der Waals surface area contributed by atoms with Crippen molar-refractivity contribution in [1.29, 1.82) is 0 Å². The Balaban J connectivity index is 0.00000289. The maximum absolute atomic E-state index is 12.7. The van der Waals surface area contributed by atoms with E-state index in [1.54, 1.807) is 18.3 Å². The van der Waals surface area contributed by atoms with Gasteiger partial charge in [0.2, 0.25) is 0 Å². The van der Waals surface area contributed by atoms with Gasteiger partial charge in [-0.25, -0.2) is 0 Å². The Morgan fingerprint density at radius 3 is 2.59 bits per heavy atom.